The van der Waals surface area contributed by atoms with Crippen LogP contribution in [0.3, 0.4) is 0 Å². The Bertz CT molecular complexity index is 170. The van der Waals surface area contributed by atoms with Crippen molar-refractivity contribution in [2.45, 2.75) is 46.1 Å². The molecule has 4 unspecified atom stereocenters. The van der Waals surface area contributed by atoms with Crippen LogP contribution in [0.1, 0.15) is 42.8 Å². The third kappa shape index (κ3) is 2.19. The minimum Gasteiger partial charge on any atom is -0.393 e. The van der Waals surface area contributed by atoms with Gasteiger partial charge in [-0.3, -0.25) is 0 Å². The molecule has 0 saturated heterocycles. The molecular formula is C10H20O. The van der Waals surface area contributed by atoms with E-state index in [2.05, 4.69) is 6.92 Å². The monoisotopic (exact) mass is 158 g/mol. The molecule has 1 fully saturated rings. The largest absolute Gasteiger partial charge is 0.393 e. The maximum Gasteiger partial charge on any atom is 0.0573 e. The standard InChI is InChI=1S/C10H20O/c1-7(2)9-5-4-8(3)6-10(9)11/h7-11H,4-6H2,1-3H3/i1D,7D. The minimum atomic E-state index is -0.764. The van der Waals surface area contributed by atoms with Crippen LogP contribution >= 0.6 is 0 Å². The molecule has 0 aromatic carbocycles. The van der Waals surface area contributed by atoms with Crippen LogP contribution in [-0.2, 0) is 0 Å². The highest BCUT2D eigenvalue weighted by atomic mass is 16.3. The molecule has 1 N–H and O–H groups in total. The Kier molecular flexibility index (Phi) is 2.10. The van der Waals surface area contributed by atoms with Gasteiger partial charge in [-0.15, -0.1) is 0 Å². The lowest BCUT2D eigenvalue weighted by Crippen LogP contribution is -2.31. The molecule has 1 aliphatic rings. The van der Waals surface area contributed by atoms with Crippen LogP contribution in [-0.4, -0.2) is 11.2 Å². The van der Waals surface area contributed by atoms with Crippen molar-refractivity contribution in [2.24, 2.45) is 17.7 Å². The summed E-state index contributed by atoms with van der Waals surface area (Å²) in [6.45, 7) is 3.99. The molecule has 1 rings (SSSR count). The fourth-order valence-electron chi connectivity index (χ4n) is 1.93. The molecule has 0 aromatic rings. The quantitative estimate of drug-likeness (QED) is 0.621. The molecule has 0 aromatic heterocycles. The first kappa shape index (κ1) is 6.47. The molecule has 11 heavy (non-hydrogen) atoms. The highest BCUT2D eigenvalue weighted by Crippen LogP contribution is 2.33. The second-order valence-electron chi connectivity index (χ2n) is 3.94. The van der Waals surface area contributed by atoms with E-state index in [1.165, 1.54) is 0 Å². The maximum atomic E-state index is 9.80. The van der Waals surface area contributed by atoms with Gasteiger partial charge in [-0.25, -0.2) is 0 Å². The highest BCUT2D eigenvalue weighted by molar-refractivity contribution is 4.79. The van der Waals surface area contributed by atoms with Gasteiger partial charge in [-0.1, -0.05) is 27.2 Å². The lowest BCUT2D eigenvalue weighted by molar-refractivity contribution is 0.0266. The number of rotatable bonds is 1. The Hall–Kier alpha value is -0.0400. The molecule has 1 saturated carbocycles. The summed E-state index contributed by atoms with van der Waals surface area (Å²) in [6, 6.07) is 0. The normalized spacial score (nSPS) is 47.4. The summed E-state index contributed by atoms with van der Waals surface area (Å²) in [4.78, 5) is 0. The molecular weight excluding hydrogens is 136 g/mol. The third-order valence-corrected chi connectivity index (χ3v) is 2.71. The molecule has 66 valence electrons. The zero-order chi connectivity index (χ0) is 10.1. The van der Waals surface area contributed by atoms with Gasteiger partial charge in [0, 0.05) is 2.74 Å². The van der Waals surface area contributed by atoms with Gasteiger partial charge >= 0.3 is 0 Å². The number of hydrogen-bond acceptors (Lipinski definition) is 1. The Labute approximate surface area is 72.6 Å². The van der Waals surface area contributed by atoms with Gasteiger partial charge in [0.15, 0.2) is 0 Å². The predicted molar refractivity (Wildman–Crippen MR) is 47.3 cm³/mol. The van der Waals surface area contributed by atoms with E-state index in [9.17, 15) is 5.11 Å². The van der Waals surface area contributed by atoms with Crippen LogP contribution in [0.25, 0.3) is 0 Å². The lowest BCUT2D eigenvalue weighted by atomic mass is 9.75. The zero-order valence-corrected chi connectivity index (χ0v) is 7.51. The van der Waals surface area contributed by atoms with E-state index in [4.69, 9.17) is 2.74 Å². The number of hydrogen-bond donors (Lipinski definition) is 1. The Morgan fingerprint density at radius 2 is 2.36 bits per heavy atom. The van der Waals surface area contributed by atoms with E-state index >= 15 is 0 Å². The zero-order valence-electron chi connectivity index (χ0n) is 9.51. The molecule has 0 radical (unpaired) electrons. The molecule has 0 heterocycles. The number of aliphatic hydroxyl groups is 1. The van der Waals surface area contributed by atoms with E-state index in [0.717, 1.165) is 19.3 Å². The van der Waals surface area contributed by atoms with Crippen LogP contribution in [0.2, 0.25) is 0 Å². The van der Waals surface area contributed by atoms with Crippen molar-refractivity contribution in [3.63, 3.8) is 0 Å². The summed E-state index contributed by atoms with van der Waals surface area (Å²) in [5, 5.41) is 9.80. The van der Waals surface area contributed by atoms with Crippen LogP contribution in [0, 0.1) is 17.7 Å². The molecule has 1 heteroatoms. The molecule has 1 nitrogen and oxygen atoms in total. The number of aliphatic hydroxyl groups excluding tert-OH is 1. The average molecular weight is 158 g/mol. The highest BCUT2D eigenvalue weighted by Gasteiger charge is 2.28. The van der Waals surface area contributed by atoms with Crippen LogP contribution < -0.4 is 0 Å². The fraction of sp³-hybridized carbons (Fsp3) is 1.00. The average Bonchev–Trinajstić information content (AvgIpc) is 2.03. The van der Waals surface area contributed by atoms with E-state index in [1.54, 1.807) is 6.92 Å². The first-order valence-corrected chi connectivity index (χ1v) is 4.44. The molecule has 0 bridgehead atoms. The predicted octanol–water partition coefficient (Wildman–Crippen LogP) is 2.44. The summed E-state index contributed by atoms with van der Waals surface area (Å²) in [6.07, 6.45) is 2.44. The van der Waals surface area contributed by atoms with Crippen molar-refractivity contribution in [1.29, 1.82) is 0 Å². The molecule has 0 spiro atoms. The summed E-state index contributed by atoms with van der Waals surface area (Å²) >= 11 is 0. The van der Waals surface area contributed by atoms with Gasteiger partial charge in [-0.05, 0) is 30.6 Å². The molecule has 0 amide bonds. The minimum absolute atomic E-state index is 0.00111. The maximum absolute atomic E-state index is 9.80. The SMILES string of the molecule is [2H]CC([2H])(C)C1CCC(C)CC1O. The Morgan fingerprint density at radius 3 is 2.91 bits per heavy atom. The topological polar surface area (TPSA) is 20.2 Å². The van der Waals surface area contributed by atoms with Gasteiger partial charge in [0.25, 0.3) is 0 Å². The summed E-state index contributed by atoms with van der Waals surface area (Å²) in [7, 11) is 0. The van der Waals surface area contributed by atoms with Crippen molar-refractivity contribution < 1.29 is 7.85 Å². The van der Waals surface area contributed by atoms with Gasteiger partial charge in [0.05, 0.1) is 6.10 Å². The smallest absolute Gasteiger partial charge is 0.0573 e. The molecule has 1 aliphatic carbocycles. The lowest BCUT2D eigenvalue weighted by Gasteiger charge is -2.33. The van der Waals surface area contributed by atoms with Crippen molar-refractivity contribution >= 4 is 0 Å². The van der Waals surface area contributed by atoms with Crippen LogP contribution in [0.4, 0.5) is 0 Å². The van der Waals surface area contributed by atoms with Crippen molar-refractivity contribution in [1.82, 2.24) is 0 Å². The summed E-state index contributed by atoms with van der Waals surface area (Å²) in [5.41, 5.74) is 0. The van der Waals surface area contributed by atoms with Gasteiger partial charge < -0.3 is 5.11 Å². The Balaban J connectivity index is 2.60. The second kappa shape index (κ2) is 3.57. The van der Waals surface area contributed by atoms with E-state index < -0.39 is 5.89 Å². The molecule has 0 aliphatic heterocycles. The van der Waals surface area contributed by atoms with Crippen molar-refractivity contribution in [3.8, 4) is 0 Å². The van der Waals surface area contributed by atoms with Crippen molar-refractivity contribution in [3.05, 3.63) is 0 Å². The fourth-order valence-corrected chi connectivity index (χ4v) is 1.93. The van der Waals surface area contributed by atoms with E-state index in [1.807, 2.05) is 0 Å². The van der Waals surface area contributed by atoms with Gasteiger partial charge in [-0.2, -0.15) is 0 Å². The summed E-state index contributed by atoms with van der Waals surface area (Å²) < 4.78 is 15.2. The first-order valence-electron chi connectivity index (χ1n) is 5.65. The van der Waals surface area contributed by atoms with Crippen molar-refractivity contribution in [2.75, 3.05) is 0 Å². The summed E-state index contributed by atoms with van der Waals surface area (Å²) in [5.74, 6) is -0.187. The third-order valence-electron chi connectivity index (χ3n) is 2.71. The first-order chi connectivity index (χ1) is 5.97. The van der Waals surface area contributed by atoms with E-state index in [-0.39, 0.29) is 18.9 Å². The van der Waals surface area contributed by atoms with Gasteiger partial charge in [0.1, 0.15) is 0 Å². The van der Waals surface area contributed by atoms with Crippen LogP contribution in [0.15, 0.2) is 0 Å². The second-order valence-corrected chi connectivity index (χ2v) is 3.94. The van der Waals surface area contributed by atoms with E-state index in [0.29, 0.717) is 5.92 Å². The van der Waals surface area contributed by atoms with Crippen LogP contribution in [0.5, 0.6) is 0 Å². The van der Waals surface area contributed by atoms with Gasteiger partial charge in [0.2, 0.25) is 0 Å². The Morgan fingerprint density at radius 1 is 1.64 bits per heavy atom. The molecule has 4 atom stereocenters.